The highest BCUT2D eigenvalue weighted by atomic mass is 32.2. The number of rotatable bonds is 20. The van der Waals surface area contributed by atoms with Crippen LogP contribution in [0.4, 0.5) is 0 Å². The van der Waals surface area contributed by atoms with Gasteiger partial charge in [0, 0.05) is 13.2 Å². The standard InChI is InChI=1S/C28H24O8S2.C26H20O8S2.C4H10O/c29-21-3-11-25(12-4-21)37(31,32)27-15-7-23(8-16-27)35-19-1-2-20-36-24-9-17-28(18-10-24)38(33,34)26-13-5-22(30)6-14-26;27-19-1-9-23(10-2-19)35(29,30)25-13-5-21(6-14-25)33-17-18-34-22-7-15-26(16-8-22)36(31,32)24-11-3-20(28)4-12-24;1-3-5-4-2/h1-18,29-30H,19-20H2;1-18,27-28H;3-4H2,1-2H3. The SMILES string of the molecule is CCOCC.O=S(=O)(c1ccc(O)cc1)c1ccc(OC=COc2ccc(S(=O)(=O)c3ccc(O)cc3)cc2)cc1.O=S(=O)(c1ccc(O)cc1)c1ccc(OCC=CCOc2ccc(S(=O)(=O)c3ccc(O)cc3)cc2)cc1. The quantitative estimate of drug-likeness (QED) is 0.0408. The number of hydrogen-bond donors (Lipinski definition) is 4. The van der Waals surface area contributed by atoms with Crippen LogP contribution >= 0.6 is 0 Å². The van der Waals surface area contributed by atoms with E-state index in [2.05, 4.69) is 0 Å². The fourth-order valence-electron chi connectivity index (χ4n) is 6.71. The van der Waals surface area contributed by atoms with Crippen molar-refractivity contribution >= 4 is 39.3 Å². The van der Waals surface area contributed by atoms with E-state index in [0.29, 0.717) is 23.0 Å². The van der Waals surface area contributed by atoms with Gasteiger partial charge in [-0.05, 0) is 220 Å². The first-order chi connectivity index (χ1) is 37.7. The van der Waals surface area contributed by atoms with Crippen molar-refractivity contribution in [3.05, 3.63) is 219 Å². The lowest BCUT2D eigenvalue weighted by Gasteiger charge is -2.08. The van der Waals surface area contributed by atoms with Gasteiger partial charge in [-0.1, -0.05) is 0 Å². The van der Waals surface area contributed by atoms with Crippen LogP contribution in [-0.2, 0) is 44.1 Å². The highest BCUT2D eigenvalue weighted by Gasteiger charge is 2.21. The van der Waals surface area contributed by atoms with Gasteiger partial charge in [-0.25, -0.2) is 33.7 Å². The predicted octanol–water partition coefficient (Wildman–Crippen LogP) is 10.5. The summed E-state index contributed by atoms with van der Waals surface area (Å²) in [5, 5.41) is 37.4. The van der Waals surface area contributed by atoms with E-state index >= 15 is 0 Å². The van der Waals surface area contributed by atoms with E-state index in [0.717, 1.165) is 13.2 Å². The molecule has 0 fully saturated rings. The maximum atomic E-state index is 12.7. The van der Waals surface area contributed by atoms with Crippen LogP contribution in [0.5, 0.6) is 46.0 Å². The number of phenols is 4. The molecule has 0 unspecified atom stereocenters. The van der Waals surface area contributed by atoms with Gasteiger partial charge in [0.2, 0.25) is 39.3 Å². The molecule has 8 rings (SSSR count). The molecule has 17 nitrogen and oxygen atoms in total. The van der Waals surface area contributed by atoms with Gasteiger partial charge in [0.05, 0.1) is 39.2 Å². The van der Waals surface area contributed by atoms with Gasteiger partial charge in [-0.15, -0.1) is 0 Å². The van der Waals surface area contributed by atoms with E-state index in [1.165, 1.54) is 182 Å². The lowest BCUT2D eigenvalue weighted by molar-refractivity contribution is 0.162. The number of sulfone groups is 4. The molecule has 0 aliphatic heterocycles. The summed E-state index contributed by atoms with van der Waals surface area (Å²) in [7, 11) is -14.9. The Kier molecular flexibility index (Phi) is 20.9. The molecule has 0 heterocycles. The monoisotopic (exact) mass is 1150 g/mol. The van der Waals surface area contributed by atoms with Crippen molar-refractivity contribution in [2.24, 2.45) is 0 Å². The lowest BCUT2D eigenvalue weighted by atomic mass is 10.3. The Hall–Kier alpha value is -8.60. The van der Waals surface area contributed by atoms with Gasteiger partial charge in [0.15, 0.2) is 0 Å². The second kappa shape index (κ2) is 27.6. The van der Waals surface area contributed by atoms with Crippen LogP contribution in [0.3, 0.4) is 0 Å². The molecule has 8 aromatic rings. The molecule has 0 aromatic heterocycles. The second-order valence-corrected chi connectivity index (χ2v) is 24.1. The Labute approximate surface area is 458 Å². The summed E-state index contributed by atoms with van der Waals surface area (Å²) >= 11 is 0. The van der Waals surface area contributed by atoms with Crippen LogP contribution in [0.25, 0.3) is 0 Å². The molecule has 0 radical (unpaired) electrons. The van der Waals surface area contributed by atoms with Crippen LogP contribution < -0.4 is 18.9 Å². The molecule has 0 saturated heterocycles. The molecule has 412 valence electrons. The first-order valence-electron chi connectivity index (χ1n) is 23.8. The minimum absolute atomic E-state index is 0.0125. The largest absolute Gasteiger partial charge is 0.508 e. The third-order valence-corrected chi connectivity index (χ3v) is 18.0. The summed E-state index contributed by atoms with van der Waals surface area (Å²) in [6.07, 6.45) is 5.99. The van der Waals surface area contributed by atoms with Gasteiger partial charge in [0.1, 0.15) is 71.7 Å². The summed E-state index contributed by atoms with van der Waals surface area (Å²) in [6.45, 7) is 6.13. The van der Waals surface area contributed by atoms with Crippen molar-refractivity contribution in [3.63, 3.8) is 0 Å². The summed E-state index contributed by atoms with van der Waals surface area (Å²) in [6, 6.07) is 44.8. The van der Waals surface area contributed by atoms with Gasteiger partial charge in [-0.2, -0.15) is 0 Å². The highest BCUT2D eigenvalue weighted by molar-refractivity contribution is 7.92. The van der Waals surface area contributed by atoms with Crippen molar-refractivity contribution in [2.45, 2.75) is 53.0 Å². The van der Waals surface area contributed by atoms with Gasteiger partial charge < -0.3 is 44.1 Å². The normalized spacial score (nSPS) is 11.7. The third-order valence-electron chi connectivity index (χ3n) is 10.9. The van der Waals surface area contributed by atoms with Crippen LogP contribution in [0.15, 0.2) is 258 Å². The van der Waals surface area contributed by atoms with Crippen molar-refractivity contribution in [2.75, 3.05) is 26.4 Å². The van der Waals surface area contributed by atoms with Crippen LogP contribution in [-0.4, -0.2) is 80.5 Å². The van der Waals surface area contributed by atoms with E-state index in [1.807, 2.05) is 13.8 Å². The van der Waals surface area contributed by atoms with Crippen LogP contribution in [0, 0.1) is 0 Å². The third kappa shape index (κ3) is 16.7. The minimum Gasteiger partial charge on any atom is -0.508 e. The summed E-state index contributed by atoms with van der Waals surface area (Å²) < 4.78 is 128. The molecule has 8 aromatic carbocycles. The maximum absolute atomic E-state index is 12.7. The van der Waals surface area contributed by atoms with Crippen molar-refractivity contribution < 1.29 is 77.8 Å². The lowest BCUT2D eigenvalue weighted by Crippen LogP contribution is -2.02. The Morgan fingerprint density at radius 1 is 0.304 bits per heavy atom. The highest BCUT2D eigenvalue weighted by Crippen LogP contribution is 2.29. The number of ether oxygens (including phenoxy) is 5. The molecule has 79 heavy (non-hydrogen) atoms. The summed E-state index contributed by atoms with van der Waals surface area (Å²) in [5.41, 5.74) is 0. The smallest absolute Gasteiger partial charge is 0.206 e. The molecule has 0 saturated carbocycles. The summed E-state index contributed by atoms with van der Waals surface area (Å²) in [4.78, 5) is 0.656. The van der Waals surface area contributed by atoms with E-state index < -0.39 is 39.3 Å². The summed E-state index contributed by atoms with van der Waals surface area (Å²) in [5.74, 6) is 1.65. The van der Waals surface area contributed by atoms with Crippen LogP contribution in [0.1, 0.15) is 13.8 Å². The maximum Gasteiger partial charge on any atom is 0.206 e. The fraction of sp³-hybridized carbons (Fsp3) is 0.103. The van der Waals surface area contributed by atoms with Crippen LogP contribution in [0.2, 0.25) is 0 Å². The van der Waals surface area contributed by atoms with Gasteiger partial charge >= 0.3 is 0 Å². The van der Waals surface area contributed by atoms with Gasteiger partial charge in [0.25, 0.3) is 0 Å². The number of phenolic OH excluding ortho intramolecular Hbond substituents is 4. The first kappa shape index (κ1) is 59.6. The Morgan fingerprint density at radius 3 is 0.684 bits per heavy atom. The molecule has 0 spiro atoms. The topological polar surface area (TPSA) is 264 Å². The molecule has 21 heteroatoms. The number of aromatic hydroxyl groups is 4. The molecule has 4 N–H and O–H groups in total. The average Bonchev–Trinajstić information content (AvgIpc) is 3.46. The first-order valence-corrected chi connectivity index (χ1v) is 29.7. The Morgan fingerprint density at radius 2 is 0.494 bits per heavy atom. The Bertz CT molecular complexity index is 3490. The predicted molar refractivity (Wildman–Crippen MR) is 293 cm³/mol. The molecule has 0 atom stereocenters. The molecular formula is C58H54O17S4. The molecular weight excluding hydrogens is 1100 g/mol. The molecule has 0 amide bonds. The van der Waals surface area contributed by atoms with E-state index in [1.54, 1.807) is 36.4 Å². The molecule has 0 bridgehead atoms. The van der Waals surface area contributed by atoms with E-state index in [4.69, 9.17) is 23.7 Å². The minimum atomic E-state index is -3.73. The second-order valence-electron chi connectivity index (χ2n) is 16.3. The van der Waals surface area contributed by atoms with Crippen molar-refractivity contribution in [3.8, 4) is 46.0 Å². The fourth-order valence-corrected chi connectivity index (χ4v) is 11.8. The van der Waals surface area contributed by atoms with Gasteiger partial charge in [-0.3, -0.25) is 0 Å². The van der Waals surface area contributed by atoms with E-state index in [9.17, 15) is 54.1 Å². The zero-order valence-electron chi connectivity index (χ0n) is 42.3. The van der Waals surface area contributed by atoms with Crippen molar-refractivity contribution in [1.82, 2.24) is 0 Å². The number of hydrogen-bond acceptors (Lipinski definition) is 17. The molecule has 0 aliphatic rings. The average molecular weight is 1150 g/mol. The number of benzene rings is 8. The van der Waals surface area contributed by atoms with E-state index in [-0.39, 0.29) is 75.4 Å². The zero-order chi connectivity index (χ0) is 57.1. The zero-order valence-corrected chi connectivity index (χ0v) is 45.6. The molecule has 0 aliphatic carbocycles. The van der Waals surface area contributed by atoms with Crippen molar-refractivity contribution in [1.29, 1.82) is 0 Å². The Balaban J connectivity index is 0.000000235.